The zero-order valence-corrected chi connectivity index (χ0v) is 6.58. The number of nitrogens with two attached hydrogens (primary N) is 1. The fourth-order valence-electron chi connectivity index (χ4n) is 1.24. The molecule has 0 radical (unpaired) electrons. The number of pyridine rings is 1. The number of halogens is 1. The zero-order valence-electron chi connectivity index (χ0n) is 6.58. The van der Waals surface area contributed by atoms with E-state index in [1.165, 1.54) is 16.7 Å². The number of rotatable bonds is 0. The molecule has 0 amide bonds. The minimum absolute atomic E-state index is 0.313. The smallest absolute Gasteiger partial charge is 0.205 e. The van der Waals surface area contributed by atoms with Gasteiger partial charge in [-0.2, -0.15) is 0 Å². The van der Waals surface area contributed by atoms with Gasteiger partial charge in [0.2, 0.25) is 5.95 Å². The van der Waals surface area contributed by atoms with Gasteiger partial charge in [-0.15, -0.1) is 0 Å². The number of imidazole rings is 1. The van der Waals surface area contributed by atoms with Crippen LogP contribution in [0.3, 0.4) is 0 Å². The van der Waals surface area contributed by atoms with E-state index in [0.29, 0.717) is 5.95 Å². The van der Waals surface area contributed by atoms with Crippen molar-refractivity contribution in [1.82, 2.24) is 9.38 Å². The van der Waals surface area contributed by atoms with Crippen molar-refractivity contribution in [3.8, 4) is 0 Å². The Balaban J connectivity index is 2.90. The van der Waals surface area contributed by atoms with E-state index in [-0.39, 0.29) is 5.82 Å². The second kappa shape index (κ2) is 2.20. The van der Waals surface area contributed by atoms with E-state index in [0.717, 1.165) is 11.2 Å². The fraction of sp³-hybridized carbons (Fsp3) is 0.125. The molecule has 3 nitrogen and oxygen atoms in total. The summed E-state index contributed by atoms with van der Waals surface area (Å²) < 4.78 is 14.3. The average molecular weight is 165 g/mol. The van der Waals surface area contributed by atoms with E-state index in [4.69, 9.17) is 5.73 Å². The molecule has 0 atom stereocenters. The van der Waals surface area contributed by atoms with Crippen molar-refractivity contribution in [2.24, 2.45) is 0 Å². The SMILES string of the molecule is Cc1nc(N)n2cc(F)ccc12. The van der Waals surface area contributed by atoms with Gasteiger partial charge in [-0.05, 0) is 19.1 Å². The zero-order chi connectivity index (χ0) is 8.72. The van der Waals surface area contributed by atoms with Crippen LogP contribution < -0.4 is 5.73 Å². The molecule has 4 heteroatoms. The van der Waals surface area contributed by atoms with Crippen LogP contribution in [0.15, 0.2) is 18.3 Å². The summed E-state index contributed by atoms with van der Waals surface area (Å²) in [5, 5.41) is 0. The van der Waals surface area contributed by atoms with E-state index in [2.05, 4.69) is 4.98 Å². The summed E-state index contributed by atoms with van der Waals surface area (Å²) in [6.07, 6.45) is 1.32. The van der Waals surface area contributed by atoms with Crippen molar-refractivity contribution in [1.29, 1.82) is 0 Å². The van der Waals surface area contributed by atoms with Crippen molar-refractivity contribution < 1.29 is 4.39 Å². The molecule has 0 unspecified atom stereocenters. The van der Waals surface area contributed by atoms with Gasteiger partial charge in [-0.25, -0.2) is 9.37 Å². The molecule has 2 aromatic rings. The van der Waals surface area contributed by atoms with Crippen LogP contribution in [0.4, 0.5) is 10.3 Å². The molecule has 62 valence electrons. The molecule has 2 rings (SSSR count). The number of aryl methyl sites for hydroxylation is 1. The molecular weight excluding hydrogens is 157 g/mol. The van der Waals surface area contributed by atoms with Gasteiger partial charge in [0.25, 0.3) is 0 Å². The highest BCUT2D eigenvalue weighted by molar-refractivity contribution is 5.56. The number of anilines is 1. The normalized spacial score (nSPS) is 10.8. The molecule has 0 spiro atoms. The van der Waals surface area contributed by atoms with E-state index < -0.39 is 0 Å². The average Bonchev–Trinajstić information content (AvgIpc) is 2.28. The van der Waals surface area contributed by atoms with Crippen LogP contribution in [0.2, 0.25) is 0 Å². The van der Waals surface area contributed by atoms with Crippen molar-refractivity contribution in [2.45, 2.75) is 6.92 Å². The third kappa shape index (κ3) is 0.845. The summed E-state index contributed by atoms with van der Waals surface area (Å²) in [5.41, 5.74) is 7.19. The van der Waals surface area contributed by atoms with Crippen LogP contribution in [0, 0.1) is 12.7 Å². The first kappa shape index (κ1) is 7.09. The van der Waals surface area contributed by atoms with Gasteiger partial charge in [0.15, 0.2) is 0 Å². The van der Waals surface area contributed by atoms with Crippen molar-refractivity contribution >= 4 is 11.5 Å². The van der Waals surface area contributed by atoms with E-state index >= 15 is 0 Å². The summed E-state index contributed by atoms with van der Waals surface area (Å²) >= 11 is 0. The minimum Gasteiger partial charge on any atom is -0.369 e. The predicted molar refractivity (Wildman–Crippen MR) is 44.3 cm³/mol. The number of aromatic nitrogens is 2. The monoisotopic (exact) mass is 165 g/mol. The molecule has 2 aromatic heterocycles. The van der Waals surface area contributed by atoms with Gasteiger partial charge in [-0.1, -0.05) is 0 Å². The molecule has 2 N–H and O–H groups in total. The van der Waals surface area contributed by atoms with Gasteiger partial charge in [0, 0.05) is 6.20 Å². The maximum atomic E-state index is 12.7. The largest absolute Gasteiger partial charge is 0.369 e. The first-order chi connectivity index (χ1) is 5.68. The second-order valence-corrected chi connectivity index (χ2v) is 2.66. The number of hydrogen-bond acceptors (Lipinski definition) is 2. The first-order valence-electron chi connectivity index (χ1n) is 3.58. The van der Waals surface area contributed by atoms with Crippen LogP contribution in [-0.2, 0) is 0 Å². The maximum absolute atomic E-state index is 12.7. The molecule has 2 heterocycles. The summed E-state index contributed by atoms with van der Waals surface area (Å²) in [7, 11) is 0. The fourth-order valence-corrected chi connectivity index (χ4v) is 1.24. The standard InChI is InChI=1S/C8H8FN3/c1-5-7-3-2-6(9)4-12(7)8(10)11-5/h2-4H,1H3,(H2,10,11). The maximum Gasteiger partial charge on any atom is 0.205 e. The Kier molecular flexibility index (Phi) is 1.30. The quantitative estimate of drug-likeness (QED) is 0.640. The second-order valence-electron chi connectivity index (χ2n) is 2.66. The molecule has 0 aliphatic heterocycles. The summed E-state index contributed by atoms with van der Waals surface area (Å²) in [6, 6.07) is 3.05. The minimum atomic E-state index is -0.313. The molecule has 0 bridgehead atoms. The molecular formula is C8H8FN3. The summed E-state index contributed by atoms with van der Waals surface area (Å²) in [5.74, 6) is 0.00796. The lowest BCUT2D eigenvalue weighted by molar-refractivity contribution is 0.619. The van der Waals surface area contributed by atoms with Crippen LogP contribution in [0.25, 0.3) is 5.52 Å². The third-order valence-corrected chi connectivity index (χ3v) is 1.81. The molecule has 0 aliphatic carbocycles. The van der Waals surface area contributed by atoms with E-state index in [1.54, 1.807) is 6.07 Å². The lowest BCUT2D eigenvalue weighted by Gasteiger charge is -1.94. The van der Waals surface area contributed by atoms with Crippen molar-refractivity contribution in [3.63, 3.8) is 0 Å². The van der Waals surface area contributed by atoms with Crippen LogP contribution in [0.1, 0.15) is 5.69 Å². The highest BCUT2D eigenvalue weighted by Crippen LogP contribution is 2.13. The van der Waals surface area contributed by atoms with Crippen LogP contribution in [-0.4, -0.2) is 9.38 Å². The Labute approximate surface area is 68.6 Å². The topological polar surface area (TPSA) is 43.3 Å². The predicted octanol–water partition coefficient (Wildman–Crippen LogP) is 1.36. The molecule has 12 heavy (non-hydrogen) atoms. The molecule has 0 fully saturated rings. The Bertz CT molecular complexity index is 433. The van der Waals surface area contributed by atoms with E-state index in [1.807, 2.05) is 6.92 Å². The lowest BCUT2D eigenvalue weighted by atomic mass is 10.3. The first-order valence-corrected chi connectivity index (χ1v) is 3.58. The van der Waals surface area contributed by atoms with Crippen molar-refractivity contribution in [2.75, 3.05) is 5.73 Å². The molecule has 0 saturated heterocycles. The number of fused-ring (bicyclic) bond motifs is 1. The number of hydrogen-bond donors (Lipinski definition) is 1. The van der Waals surface area contributed by atoms with Gasteiger partial charge >= 0.3 is 0 Å². The lowest BCUT2D eigenvalue weighted by Crippen LogP contribution is -1.94. The Hall–Kier alpha value is -1.58. The highest BCUT2D eigenvalue weighted by atomic mass is 19.1. The molecule has 0 aromatic carbocycles. The van der Waals surface area contributed by atoms with E-state index in [9.17, 15) is 4.39 Å². The summed E-state index contributed by atoms with van der Waals surface area (Å²) in [6.45, 7) is 1.84. The molecule has 0 aliphatic rings. The summed E-state index contributed by atoms with van der Waals surface area (Å²) in [4.78, 5) is 4.01. The van der Waals surface area contributed by atoms with Gasteiger partial charge in [-0.3, -0.25) is 4.40 Å². The number of nitrogen functional groups attached to an aromatic ring is 1. The van der Waals surface area contributed by atoms with Gasteiger partial charge < -0.3 is 5.73 Å². The van der Waals surface area contributed by atoms with Crippen LogP contribution in [0.5, 0.6) is 0 Å². The Morgan fingerprint density at radius 1 is 1.50 bits per heavy atom. The van der Waals surface area contributed by atoms with Gasteiger partial charge in [0.1, 0.15) is 5.82 Å². The number of nitrogens with zero attached hydrogens (tertiary/aromatic N) is 2. The van der Waals surface area contributed by atoms with Gasteiger partial charge in [0.05, 0.1) is 11.2 Å². The molecule has 0 saturated carbocycles. The highest BCUT2D eigenvalue weighted by Gasteiger charge is 2.04. The third-order valence-electron chi connectivity index (χ3n) is 1.81. The Morgan fingerprint density at radius 2 is 2.25 bits per heavy atom. The van der Waals surface area contributed by atoms with Crippen LogP contribution >= 0.6 is 0 Å². The Morgan fingerprint density at radius 3 is 3.00 bits per heavy atom. The van der Waals surface area contributed by atoms with Crippen molar-refractivity contribution in [3.05, 3.63) is 29.8 Å².